The Kier molecular flexibility index (Phi) is 126. The van der Waals surface area contributed by atoms with Crippen molar-refractivity contribution in [2.45, 2.75) is 0 Å². The third kappa shape index (κ3) is 8.83. The maximum absolute atomic E-state index is 0. The van der Waals surface area contributed by atoms with Crippen molar-refractivity contribution in [3.63, 3.8) is 0 Å². The Morgan fingerprint density at radius 1 is 1.00 bits per heavy atom. The van der Waals surface area contributed by atoms with Crippen LogP contribution in [0.1, 0.15) is 0 Å². The minimum absolute atomic E-state index is 0. The van der Waals surface area contributed by atoms with Crippen molar-refractivity contribution in [3.05, 3.63) is 0 Å². The molecule has 0 aliphatic heterocycles. The van der Waals surface area contributed by atoms with Crippen molar-refractivity contribution in [2.24, 2.45) is 0 Å². The maximum Gasteiger partial charge on any atom is 4.00 e. The van der Waals surface area contributed by atoms with Crippen LogP contribution in [0.3, 0.4) is 0 Å². The van der Waals surface area contributed by atoms with Gasteiger partial charge in [0.25, 0.3) is 0 Å². The summed E-state index contributed by atoms with van der Waals surface area (Å²) in [5, 5.41) is 0. The van der Waals surface area contributed by atoms with Gasteiger partial charge in [0, 0.05) is 0 Å². The molecule has 0 aliphatic carbocycles. The molecule has 8 valence electrons. The van der Waals surface area contributed by atoms with Gasteiger partial charge in [-0.05, 0) is 0 Å². The molecular weight excluding hydrogens is 294 g/mol. The van der Waals surface area contributed by atoms with Crippen molar-refractivity contribution in [1.29, 1.82) is 0 Å². The van der Waals surface area contributed by atoms with E-state index in [0.29, 0.717) is 0 Å². The predicted molar refractivity (Wildman–Crippen MR) is 0.686 cm³/mol. The summed E-state index contributed by atoms with van der Waals surface area (Å²) in [6.45, 7) is 0. The van der Waals surface area contributed by atoms with Crippen LogP contribution in [0.4, 0.5) is 0 Å². The molecule has 0 N–H and O–H groups in total. The van der Waals surface area contributed by atoms with E-state index in [9.17, 15) is 0 Å². The molecule has 0 saturated carbocycles. The zero-order chi connectivity index (χ0) is 0. The third-order valence-corrected chi connectivity index (χ3v) is 0. The van der Waals surface area contributed by atoms with E-state index >= 15 is 0 Å². The fourth-order valence-electron chi connectivity index (χ4n) is 0. The summed E-state index contributed by atoms with van der Waals surface area (Å²) >= 11 is 0. The van der Waals surface area contributed by atoms with Gasteiger partial charge >= 0.3 is 83.5 Å². The summed E-state index contributed by atoms with van der Waals surface area (Å²) in [6, 6.07) is 0. The second kappa shape index (κ2) is 17.1. The van der Waals surface area contributed by atoms with Crippen LogP contribution in [0, 0.1) is 35.6 Å². The van der Waals surface area contributed by atoms with Crippen LogP contribution >= 0.6 is 0 Å². The topological polar surface area (TPSA) is 28.5 Å². The molecule has 0 aromatic carbocycles. The fourth-order valence-corrected chi connectivity index (χ4v) is 0. The van der Waals surface area contributed by atoms with Gasteiger partial charge < -0.3 is 5.48 Å². The third-order valence-electron chi connectivity index (χ3n) is 0. The van der Waals surface area contributed by atoms with Crippen LogP contribution in [0.2, 0.25) is 0 Å². The van der Waals surface area contributed by atoms with E-state index in [1.54, 1.807) is 0 Å². The van der Waals surface area contributed by atoms with Crippen molar-refractivity contribution in [1.82, 2.24) is 0 Å². The summed E-state index contributed by atoms with van der Waals surface area (Å²) in [4.78, 5) is 0. The van der Waals surface area contributed by atoms with E-state index < -0.39 is 0 Å². The monoisotopic (exact) mass is 293 g/mol. The molecule has 0 aliphatic rings. The van der Waals surface area contributed by atoms with Gasteiger partial charge in [0.15, 0.2) is 0 Å². The van der Waals surface area contributed by atoms with E-state index in [0.717, 1.165) is 0 Å². The van der Waals surface area contributed by atoms with Crippen LogP contribution in [0.15, 0.2) is 0 Å². The summed E-state index contributed by atoms with van der Waals surface area (Å²) in [5.41, 5.74) is 0. The van der Waals surface area contributed by atoms with Gasteiger partial charge in [0.2, 0.25) is 0 Å². The van der Waals surface area contributed by atoms with Gasteiger partial charge in [-0.15, -0.1) is 0 Å². The first-order valence-electron chi connectivity index (χ1n) is 0. The molecule has 0 amide bonds. The first-order chi connectivity index (χ1) is 0. The minimum atomic E-state index is 0. The largest absolute Gasteiger partial charge is 4.00 e. The van der Waals surface area contributed by atoms with Crippen molar-refractivity contribution < 1.29 is 89.0 Å². The van der Waals surface area contributed by atoms with E-state index in [-0.39, 0.29) is 89.0 Å². The molecule has 0 spiro atoms. The van der Waals surface area contributed by atoms with E-state index in [4.69, 9.17) is 0 Å². The Balaban J connectivity index is 0. The van der Waals surface area contributed by atoms with Crippen LogP contribution in [-0.2, 0) is 53.4 Å². The average molecular weight is 294 g/mol. The maximum atomic E-state index is 0. The second-order valence-corrected chi connectivity index (χ2v) is 0. The summed E-state index contributed by atoms with van der Waals surface area (Å²) in [6.07, 6.45) is 0. The van der Waals surface area contributed by atoms with Gasteiger partial charge in [-0.3, -0.25) is 0 Å². The molecule has 0 atom stereocenters. The Bertz CT molecular complexity index is 8.00. The van der Waals surface area contributed by atoms with Crippen LogP contribution in [0.5, 0.6) is 0 Å². The van der Waals surface area contributed by atoms with E-state index in [2.05, 4.69) is 0 Å². The zero-order valence-corrected chi connectivity index (χ0v) is 9.63. The quantitative estimate of drug-likeness (QED) is 0.557. The van der Waals surface area contributed by atoms with Crippen molar-refractivity contribution >= 4 is 0 Å². The first-order valence-corrected chi connectivity index (χ1v) is 0. The molecule has 1 nitrogen and oxygen atoms in total. The molecule has 0 unspecified atom stereocenters. The Labute approximate surface area is 87.2 Å². The van der Waals surface area contributed by atoms with Gasteiger partial charge in [0.05, 0.1) is 0 Å². The molecule has 0 rings (SSSR count). The van der Waals surface area contributed by atoms with E-state index in [1.165, 1.54) is 0 Å². The van der Waals surface area contributed by atoms with Crippen LogP contribution in [-0.4, -0.2) is 0 Å². The van der Waals surface area contributed by atoms with Crippen LogP contribution < -0.4 is 0 Å². The SMILES string of the molecule is [La+3].[O-2].[Ti+4].[Zr+4]. The summed E-state index contributed by atoms with van der Waals surface area (Å²) < 4.78 is 0. The Morgan fingerprint density at radius 3 is 1.00 bits per heavy atom. The standard InChI is InChI=1S/La.O.Ti.Zr/q+3;-2;2*+4. The van der Waals surface area contributed by atoms with Gasteiger partial charge in [0.1, 0.15) is 0 Å². The Morgan fingerprint density at radius 2 is 1.00 bits per heavy atom. The van der Waals surface area contributed by atoms with E-state index in [1.807, 2.05) is 0 Å². The average Bonchev–Trinajstić information content (AvgIpc) is 0. The molecule has 0 saturated heterocycles. The molecule has 0 bridgehead atoms. The predicted octanol–water partition coefficient (Wildman–Crippen LogP) is -0.124. The van der Waals surface area contributed by atoms with Gasteiger partial charge in [-0.2, -0.15) is 0 Å². The van der Waals surface area contributed by atoms with Gasteiger partial charge in [-0.1, -0.05) is 0 Å². The number of hydrogen-bond acceptors (Lipinski definition) is 0. The molecule has 4 heteroatoms. The van der Waals surface area contributed by atoms with Crippen molar-refractivity contribution in [2.75, 3.05) is 0 Å². The minimum Gasteiger partial charge on any atom is -2.00 e. The first kappa shape index (κ1) is 29.5. The smallest absolute Gasteiger partial charge is 2.00 e. The molecular formula is LaOTiZr+9. The second-order valence-electron chi connectivity index (χ2n) is 0. The fraction of sp³-hybridized carbons (Fsp3) is 0. The molecule has 4 heavy (non-hydrogen) atoms. The summed E-state index contributed by atoms with van der Waals surface area (Å²) in [7, 11) is 0. The molecule has 0 radical (unpaired) electrons. The zero-order valence-electron chi connectivity index (χ0n) is 1.99. The Hall–Kier alpha value is 2.75. The molecule has 0 fully saturated rings. The number of hydrogen-bond donors (Lipinski definition) is 0. The summed E-state index contributed by atoms with van der Waals surface area (Å²) in [5.74, 6) is 0. The number of rotatable bonds is 0. The normalized spacial score (nSPS) is 0. The molecule has 0 heterocycles. The van der Waals surface area contributed by atoms with Crippen LogP contribution in [0.25, 0.3) is 0 Å². The van der Waals surface area contributed by atoms with Gasteiger partial charge in [-0.25, -0.2) is 0 Å². The molecule has 0 aromatic heterocycles. The van der Waals surface area contributed by atoms with Crippen molar-refractivity contribution in [3.8, 4) is 0 Å². The molecule has 0 aromatic rings.